The maximum atomic E-state index is 12.0. The van der Waals surface area contributed by atoms with Crippen LogP contribution in [0.15, 0.2) is 31.0 Å². The van der Waals surface area contributed by atoms with Gasteiger partial charge in [0.25, 0.3) is 0 Å². The lowest BCUT2D eigenvalue weighted by atomic mass is 10.3. The fraction of sp³-hybridized carbons (Fsp3) is 0.308. The third-order valence-corrected chi connectivity index (χ3v) is 2.44. The Kier molecular flexibility index (Phi) is 6.18. The van der Waals surface area contributed by atoms with Crippen LogP contribution in [0.3, 0.4) is 0 Å². The number of pyridine rings is 1. The van der Waals surface area contributed by atoms with Crippen molar-refractivity contribution in [2.45, 2.75) is 0 Å². The van der Waals surface area contributed by atoms with Crippen LogP contribution in [0.2, 0.25) is 0 Å². The van der Waals surface area contributed by atoms with Crippen LogP contribution in [-0.2, 0) is 4.74 Å². The van der Waals surface area contributed by atoms with Crippen molar-refractivity contribution >= 4 is 17.7 Å². The third kappa shape index (κ3) is 4.69. The Morgan fingerprint density at radius 2 is 2.30 bits per heavy atom. The highest BCUT2D eigenvalue weighted by molar-refractivity contribution is 5.90. The van der Waals surface area contributed by atoms with Crippen LogP contribution in [0.4, 0.5) is 10.5 Å². The first-order valence-electron chi connectivity index (χ1n) is 5.93. The summed E-state index contributed by atoms with van der Waals surface area (Å²) < 4.78 is 4.93. The molecule has 7 nitrogen and oxygen atoms in total. The summed E-state index contributed by atoms with van der Waals surface area (Å²) in [5.41, 5.74) is 0.344. The van der Waals surface area contributed by atoms with Crippen LogP contribution in [0.5, 0.6) is 0 Å². The van der Waals surface area contributed by atoms with Crippen LogP contribution in [0, 0.1) is 0 Å². The number of anilines is 1. The lowest BCUT2D eigenvalue weighted by molar-refractivity contribution is 0.0690. The number of carbonyl (C=O) groups excluding carboxylic acids is 1. The fourth-order valence-corrected chi connectivity index (χ4v) is 1.43. The highest BCUT2D eigenvalue weighted by Gasteiger charge is 2.12. The van der Waals surface area contributed by atoms with E-state index < -0.39 is 5.97 Å². The number of ether oxygens (including phenoxy) is 1. The van der Waals surface area contributed by atoms with E-state index in [9.17, 15) is 9.59 Å². The largest absolute Gasteiger partial charge is 0.477 e. The van der Waals surface area contributed by atoms with E-state index in [1.165, 1.54) is 23.2 Å². The first kappa shape index (κ1) is 15.6. The number of rotatable bonds is 7. The zero-order valence-corrected chi connectivity index (χ0v) is 11.2. The topological polar surface area (TPSA) is 91.8 Å². The predicted octanol–water partition coefficient (Wildman–Crippen LogP) is 1.45. The van der Waals surface area contributed by atoms with E-state index in [-0.39, 0.29) is 11.7 Å². The molecular weight excluding hydrogens is 262 g/mol. The van der Waals surface area contributed by atoms with Crippen molar-refractivity contribution in [2.24, 2.45) is 0 Å². The third-order valence-electron chi connectivity index (χ3n) is 2.44. The van der Waals surface area contributed by atoms with Gasteiger partial charge in [-0.3, -0.25) is 0 Å². The quantitative estimate of drug-likeness (QED) is 0.737. The molecule has 0 aliphatic heterocycles. The average Bonchev–Trinajstić information content (AvgIpc) is 2.43. The average molecular weight is 279 g/mol. The number of hydrogen-bond acceptors (Lipinski definition) is 4. The van der Waals surface area contributed by atoms with Crippen LogP contribution >= 0.6 is 0 Å². The number of nitrogens with zero attached hydrogens (tertiary/aromatic N) is 2. The standard InChI is InChI=1S/C13H17N3O4/c1-3-6-16(7-8-20-2)13(19)15-10-4-5-11(12(17)18)14-9-10/h3-5,9H,1,6-8H2,2H3,(H,15,19)(H,17,18). The molecule has 20 heavy (non-hydrogen) atoms. The lowest BCUT2D eigenvalue weighted by Gasteiger charge is -2.21. The van der Waals surface area contributed by atoms with Crippen molar-refractivity contribution in [3.05, 3.63) is 36.7 Å². The summed E-state index contributed by atoms with van der Waals surface area (Å²) in [6.45, 7) is 4.81. The number of urea groups is 1. The van der Waals surface area contributed by atoms with Gasteiger partial charge in [-0.05, 0) is 12.1 Å². The second-order valence-corrected chi connectivity index (χ2v) is 3.89. The first-order valence-corrected chi connectivity index (χ1v) is 5.93. The number of hydrogen-bond donors (Lipinski definition) is 2. The van der Waals surface area contributed by atoms with E-state index in [1.54, 1.807) is 13.2 Å². The summed E-state index contributed by atoms with van der Waals surface area (Å²) in [5, 5.41) is 11.4. The number of nitrogens with one attached hydrogen (secondary N) is 1. The molecule has 2 amide bonds. The summed E-state index contributed by atoms with van der Waals surface area (Å²) in [7, 11) is 1.55. The van der Waals surface area contributed by atoms with Gasteiger partial charge >= 0.3 is 12.0 Å². The van der Waals surface area contributed by atoms with Gasteiger partial charge in [-0.25, -0.2) is 14.6 Å². The second kappa shape index (κ2) is 7.90. The number of methoxy groups -OCH3 is 1. The van der Waals surface area contributed by atoms with Gasteiger partial charge in [0.15, 0.2) is 0 Å². The molecule has 0 aromatic carbocycles. The molecule has 7 heteroatoms. The highest BCUT2D eigenvalue weighted by Crippen LogP contribution is 2.07. The minimum absolute atomic E-state index is 0.0784. The molecule has 1 heterocycles. The molecule has 0 unspecified atom stereocenters. The number of carbonyl (C=O) groups is 2. The van der Waals surface area contributed by atoms with Crippen LogP contribution in [-0.4, -0.2) is 53.8 Å². The normalized spacial score (nSPS) is 9.85. The van der Waals surface area contributed by atoms with Gasteiger partial charge in [-0.15, -0.1) is 6.58 Å². The van der Waals surface area contributed by atoms with Gasteiger partial charge < -0.3 is 20.1 Å². The lowest BCUT2D eigenvalue weighted by Crippen LogP contribution is -2.37. The monoisotopic (exact) mass is 279 g/mol. The predicted molar refractivity (Wildman–Crippen MR) is 73.9 cm³/mol. The molecule has 0 spiro atoms. The smallest absolute Gasteiger partial charge is 0.354 e. The van der Waals surface area contributed by atoms with E-state index >= 15 is 0 Å². The number of carboxylic acids is 1. The van der Waals surface area contributed by atoms with Gasteiger partial charge in [0, 0.05) is 20.2 Å². The van der Waals surface area contributed by atoms with Gasteiger partial charge in [-0.1, -0.05) is 6.08 Å². The summed E-state index contributed by atoms with van der Waals surface area (Å²) in [4.78, 5) is 27.9. The molecule has 108 valence electrons. The molecule has 0 bridgehead atoms. The van der Waals surface area contributed by atoms with Crippen LogP contribution in [0.1, 0.15) is 10.5 Å². The molecule has 1 rings (SSSR count). The highest BCUT2D eigenvalue weighted by atomic mass is 16.5. The zero-order chi connectivity index (χ0) is 15.0. The number of aromatic nitrogens is 1. The molecule has 0 saturated carbocycles. The van der Waals surface area contributed by atoms with E-state index in [2.05, 4.69) is 16.9 Å². The second-order valence-electron chi connectivity index (χ2n) is 3.89. The summed E-state index contributed by atoms with van der Waals surface area (Å²) in [5.74, 6) is -1.11. The van der Waals surface area contributed by atoms with Gasteiger partial charge in [0.2, 0.25) is 0 Å². The summed E-state index contributed by atoms with van der Waals surface area (Å²) >= 11 is 0. The zero-order valence-electron chi connectivity index (χ0n) is 11.2. The SMILES string of the molecule is C=CCN(CCOC)C(=O)Nc1ccc(C(=O)O)nc1. The van der Waals surface area contributed by atoms with Crippen LogP contribution < -0.4 is 5.32 Å². The summed E-state index contributed by atoms with van der Waals surface area (Å²) in [6, 6.07) is 2.48. The Morgan fingerprint density at radius 1 is 1.55 bits per heavy atom. The van der Waals surface area contributed by atoms with Crippen molar-refractivity contribution in [1.29, 1.82) is 0 Å². The minimum atomic E-state index is -1.11. The molecule has 1 aromatic heterocycles. The number of aromatic carboxylic acids is 1. The van der Waals surface area contributed by atoms with E-state index in [4.69, 9.17) is 9.84 Å². The molecular formula is C13H17N3O4. The Morgan fingerprint density at radius 3 is 2.80 bits per heavy atom. The minimum Gasteiger partial charge on any atom is -0.477 e. The van der Waals surface area contributed by atoms with Gasteiger partial charge in [-0.2, -0.15) is 0 Å². The molecule has 0 aliphatic rings. The Balaban J connectivity index is 2.66. The Bertz CT molecular complexity index is 473. The first-order chi connectivity index (χ1) is 9.58. The van der Waals surface area contributed by atoms with Crippen molar-refractivity contribution in [3.8, 4) is 0 Å². The van der Waals surface area contributed by atoms with Gasteiger partial charge in [0.1, 0.15) is 5.69 Å². The van der Waals surface area contributed by atoms with Crippen molar-refractivity contribution in [1.82, 2.24) is 9.88 Å². The molecule has 0 radical (unpaired) electrons. The van der Waals surface area contributed by atoms with Gasteiger partial charge in [0.05, 0.1) is 18.5 Å². The van der Waals surface area contributed by atoms with E-state index in [0.29, 0.717) is 25.4 Å². The Hall–Kier alpha value is -2.41. The summed E-state index contributed by atoms with van der Waals surface area (Å²) in [6.07, 6.45) is 2.91. The van der Waals surface area contributed by atoms with Crippen molar-refractivity contribution < 1.29 is 19.4 Å². The molecule has 0 saturated heterocycles. The number of carboxylic acid groups (broad SMARTS) is 1. The van der Waals surface area contributed by atoms with Crippen molar-refractivity contribution in [3.63, 3.8) is 0 Å². The molecule has 0 atom stereocenters. The van der Waals surface area contributed by atoms with E-state index in [1.807, 2.05) is 0 Å². The fourth-order valence-electron chi connectivity index (χ4n) is 1.43. The number of amides is 2. The van der Waals surface area contributed by atoms with E-state index in [0.717, 1.165) is 0 Å². The molecule has 0 aliphatic carbocycles. The maximum absolute atomic E-state index is 12.0. The molecule has 2 N–H and O–H groups in total. The molecule has 1 aromatic rings. The van der Waals surface area contributed by atoms with Crippen molar-refractivity contribution in [2.75, 3.05) is 32.1 Å². The molecule has 0 fully saturated rings. The Labute approximate surface area is 116 Å². The maximum Gasteiger partial charge on any atom is 0.354 e. The van der Waals surface area contributed by atoms with Crippen LogP contribution in [0.25, 0.3) is 0 Å².